The number of rotatable bonds is 3. The zero-order chi connectivity index (χ0) is 12.1. The van der Waals surface area contributed by atoms with Gasteiger partial charge in [-0.25, -0.2) is 0 Å². The minimum absolute atomic E-state index is 0.671. The van der Waals surface area contributed by atoms with Gasteiger partial charge in [0.25, 0.3) is 0 Å². The van der Waals surface area contributed by atoms with Crippen LogP contribution in [0.2, 0.25) is 0 Å². The zero-order valence-corrected chi connectivity index (χ0v) is 9.64. The van der Waals surface area contributed by atoms with E-state index < -0.39 is 0 Å². The summed E-state index contributed by atoms with van der Waals surface area (Å²) in [7, 11) is 0. The summed E-state index contributed by atoms with van der Waals surface area (Å²) in [5, 5.41) is 12.3. The topological polar surface area (TPSA) is 48.7 Å². The first-order valence-corrected chi connectivity index (χ1v) is 5.43. The summed E-state index contributed by atoms with van der Waals surface area (Å²) in [6.45, 7) is 2.71. The van der Waals surface area contributed by atoms with Crippen molar-refractivity contribution in [1.82, 2.24) is 4.98 Å². The van der Waals surface area contributed by atoms with Crippen LogP contribution in [0.3, 0.4) is 0 Å². The fourth-order valence-corrected chi connectivity index (χ4v) is 1.60. The van der Waals surface area contributed by atoms with Gasteiger partial charge in [-0.2, -0.15) is 5.26 Å². The first-order chi connectivity index (χ1) is 8.29. The van der Waals surface area contributed by atoms with Gasteiger partial charge in [-0.1, -0.05) is 6.07 Å². The van der Waals surface area contributed by atoms with Gasteiger partial charge in [0.15, 0.2) is 0 Å². The van der Waals surface area contributed by atoms with E-state index in [0.29, 0.717) is 12.1 Å². The van der Waals surface area contributed by atoms with Crippen LogP contribution in [0, 0.1) is 18.3 Å². The molecule has 0 amide bonds. The van der Waals surface area contributed by atoms with E-state index in [0.717, 1.165) is 16.8 Å². The van der Waals surface area contributed by atoms with E-state index in [9.17, 15) is 0 Å². The molecule has 3 heteroatoms. The van der Waals surface area contributed by atoms with Gasteiger partial charge in [-0.3, -0.25) is 4.98 Å². The van der Waals surface area contributed by atoms with E-state index in [2.05, 4.69) is 16.4 Å². The van der Waals surface area contributed by atoms with Crippen molar-refractivity contribution in [3.8, 4) is 6.07 Å². The van der Waals surface area contributed by atoms with Gasteiger partial charge in [0, 0.05) is 18.9 Å². The van der Waals surface area contributed by atoms with Gasteiger partial charge in [0.1, 0.15) is 6.07 Å². The van der Waals surface area contributed by atoms with Crippen LogP contribution in [0.15, 0.2) is 42.7 Å². The number of hydrogen-bond donors (Lipinski definition) is 1. The second-order valence-corrected chi connectivity index (χ2v) is 3.87. The number of nitrogens with one attached hydrogen (secondary N) is 1. The number of anilines is 1. The molecule has 3 nitrogen and oxygen atoms in total. The van der Waals surface area contributed by atoms with Gasteiger partial charge in [-0.05, 0) is 42.3 Å². The quantitative estimate of drug-likeness (QED) is 0.870. The molecule has 1 heterocycles. The first-order valence-electron chi connectivity index (χ1n) is 5.43. The average Bonchev–Trinajstić information content (AvgIpc) is 2.38. The van der Waals surface area contributed by atoms with Crippen LogP contribution in [0.25, 0.3) is 0 Å². The van der Waals surface area contributed by atoms with Crippen LogP contribution in [0.1, 0.15) is 16.7 Å². The minimum Gasteiger partial charge on any atom is -0.380 e. The number of hydrogen-bond acceptors (Lipinski definition) is 3. The molecule has 2 rings (SSSR count). The molecule has 0 fully saturated rings. The fraction of sp³-hybridized carbons (Fsp3) is 0.143. The molecular formula is C14H13N3. The molecule has 0 saturated heterocycles. The maximum Gasteiger partial charge on any atom is 0.101 e. The van der Waals surface area contributed by atoms with Gasteiger partial charge in [0.2, 0.25) is 0 Å². The standard InChI is InChI=1S/C14H13N3/c1-11-2-3-13(9-15)14(8-11)17-10-12-4-6-16-7-5-12/h2-8,17H,10H2,1H3. The highest BCUT2D eigenvalue weighted by molar-refractivity contribution is 5.58. The van der Waals surface area contributed by atoms with Crippen molar-refractivity contribution >= 4 is 5.69 Å². The Balaban J connectivity index is 2.14. The van der Waals surface area contributed by atoms with Crippen molar-refractivity contribution in [2.24, 2.45) is 0 Å². The van der Waals surface area contributed by atoms with Crippen LogP contribution < -0.4 is 5.32 Å². The lowest BCUT2D eigenvalue weighted by Gasteiger charge is -2.08. The van der Waals surface area contributed by atoms with Crippen molar-refractivity contribution in [2.45, 2.75) is 13.5 Å². The molecule has 84 valence electrons. The number of aromatic nitrogens is 1. The number of benzene rings is 1. The summed E-state index contributed by atoms with van der Waals surface area (Å²) < 4.78 is 0. The van der Waals surface area contributed by atoms with Crippen LogP contribution in [-0.4, -0.2) is 4.98 Å². The molecule has 1 aromatic heterocycles. The lowest BCUT2D eigenvalue weighted by molar-refractivity contribution is 1.12. The van der Waals surface area contributed by atoms with E-state index in [1.165, 1.54) is 0 Å². The Morgan fingerprint density at radius 3 is 2.71 bits per heavy atom. The second kappa shape index (κ2) is 5.13. The predicted octanol–water partition coefficient (Wildman–Crippen LogP) is 2.87. The van der Waals surface area contributed by atoms with Crippen LogP contribution in [0.4, 0.5) is 5.69 Å². The lowest BCUT2D eigenvalue weighted by Crippen LogP contribution is -2.01. The molecule has 0 radical (unpaired) electrons. The minimum atomic E-state index is 0.671. The molecule has 0 atom stereocenters. The van der Waals surface area contributed by atoms with Crippen LogP contribution >= 0.6 is 0 Å². The highest BCUT2D eigenvalue weighted by Gasteiger charge is 2.01. The number of nitriles is 1. The van der Waals surface area contributed by atoms with Crippen molar-refractivity contribution in [1.29, 1.82) is 5.26 Å². The molecule has 1 N–H and O–H groups in total. The normalized spacial score (nSPS) is 9.65. The van der Waals surface area contributed by atoms with Gasteiger partial charge >= 0.3 is 0 Å². The molecule has 0 aliphatic carbocycles. The molecular weight excluding hydrogens is 210 g/mol. The lowest BCUT2D eigenvalue weighted by atomic mass is 10.1. The Morgan fingerprint density at radius 1 is 1.24 bits per heavy atom. The zero-order valence-electron chi connectivity index (χ0n) is 9.64. The van der Waals surface area contributed by atoms with E-state index in [-0.39, 0.29) is 0 Å². The summed E-state index contributed by atoms with van der Waals surface area (Å²) in [6.07, 6.45) is 3.52. The van der Waals surface area contributed by atoms with Gasteiger partial charge in [0.05, 0.1) is 11.3 Å². The highest BCUT2D eigenvalue weighted by Crippen LogP contribution is 2.17. The summed E-state index contributed by atoms with van der Waals surface area (Å²) >= 11 is 0. The molecule has 0 bridgehead atoms. The van der Waals surface area contributed by atoms with Crippen molar-refractivity contribution in [3.05, 3.63) is 59.4 Å². The molecule has 1 aromatic carbocycles. The number of nitrogens with zero attached hydrogens (tertiary/aromatic N) is 2. The van der Waals surface area contributed by atoms with E-state index in [4.69, 9.17) is 5.26 Å². The molecule has 0 aliphatic heterocycles. The Bertz CT molecular complexity index is 541. The second-order valence-electron chi connectivity index (χ2n) is 3.87. The maximum atomic E-state index is 9.01. The molecule has 0 saturated carbocycles. The summed E-state index contributed by atoms with van der Waals surface area (Å²) in [5.74, 6) is 0. The van der Waals surface area contributed by atoms with E-state index in [1.807, 2.05) is 37.3 Å². The third-order valence-corrected chi connectivity index (χ3v) is 2.53. The third kappa shape index (κ3) is 2.82. The fourth-order valence-electron chi connectivity index (χ4n) is 1.60. The molecule has 0 aliphatic rings. The highest BCUT2D eigenvalue weighted by atomic mass is 14.9. The predicted molar refractivity (Wildman–Crippen MR) is 67.5 cm³/mol. The molecule has 2 aromatic rings. The number of aryl methyl sites for hydroxylation is 1. The summed E-state index contributed by atoms with van der Waals surface area (Å²) in [5.41, 5.74) is 3.83. The largest absolute Gasteiger partial charge is 0.380 e. The van der Waals surface area contributed by atoms with Crippen molar-refractivity contribution < 1.29 is 0 Å². The number of pyridine rings is 1. The first kappa shape index (κ1) is 11.2. The average molecular weight is 223 g/mol. The maximum absolute atomic E-state index is 9.01. The molecule has 17 heavy (non-hydrogen) atoms. The Morgan fingerprint density at radius 2 is 2.00 bits per heavy atom. The van der Waals surface area contributed by atoms with Crippen molar-refractivity contribution in [3.63, 3.8) is 0 Å². The SMILES string of the molecule is Cc1ccc(C#N)c(NCc2ccncc2)c1. The van der Waals surface area contributed by atoms with Crippen LogP contribution in [0.5, 0.6) is 0 Å². The van der Waals surface area contributed by atoms with Crippen LogP contribution in [-0.2, 0) is 6.54 Å². The van der Waals surface area contributed by atoms with Gasteiger partial charge in [-0.15, -0.1) is 0 Å². The summed E-state index contributed by atoms with van der Waals surface area (Å²) in [6, 6.07) is 11.9. The summed E-state index contributed by atoms with van der Waals surface area (Å²) in [4.78, 5) is 3.97. The molecule has 0 unspecified atom stereocenters. The Labute approximate surface area is 101 Å². The van der Waals surface area contributed by atoms with Gasteiger partial charge < -0.3 is 5.32 Å². The molecule has 0 spiro atoms. The third-order valence-electron chi connectivity index (χ3n) is 2.53. The van der Waals surface area contributed by atoms with E-state index in [1.54, 1.807) is 12.4 Å². The smallest absolute Gasteiger partial charge is 0.101 e. The Kier molecular flexibility index (Phi) is 3.37. The van der Waals surface area contributed by atoms with E-state index >= 15 is 0 Å². The monoisotopic (exact) mass is 223 g/mol. The van der Waals surface area contributed by atoms with Crippen molar-refractivity contribution in [2.75, 3.05) is 5.32 Å². The Hall–Kier alpha value is -2.34.